The molecule has 3 N–H and O–H groups in total. The summed E-state index contributed by atoms with van der Waals surface area (Å²) in [7, 11) is 0. The van der Waals surface area contributed by atoms with Gasteiger partial charge in [0.15, 0.2) is 0 Å². The summed E-state index contributed by atoms with van der Waals surface area (Å²) in [5, 5.41) is 5.31. The van der Waals surface area contributed by atoms with E-state index in [4.69, 9.17) is 17.3 Å². The highest BCUT2D eigenvalue weighted by molar-refractivity contribution is 9.10. The van der Waals surface area contributed by atoms with E-state index in [0.29, 0.717) is 22.8 Å². The number of amides is 1. The van der Waals surface area contributed by atoms with E-state index in [1.54, 1.807) is 29.5 Å². The zero-order valence-corrected chi connectivity index (χ0v) is 12.4. The second kappa shape index (κ2) is 5.73. The number of anilines is 1. The van der Waals surface area contributed by atoms with Gasteiger partial charge in [-0.2, -0.15) is 0 Å². The molecule has 0 unspecified atom stereocenters. The number of thiophene rings is 1. The summed E-state index contributed by atoms with van der Waals surface area (Å²) >= 11 is 10.7. The molecule has 1 amide bonds. The first kappa shape index (κ1) is 13.4. The van der Waals surface area contributed by atoms with Crippen LogP contribution in [0.1, 0.15) is 15.2 Å². The van der Waals surface area contributed by atoms with Gasteiger partial charge in [-0.1, -0.05) is 11.6 Å². The smallest absolute Gasteiger partial charge is 0.253 e. The Labute approximate surface area is 122 Å². The lowest BCUT2D eigenvalue weighted by Gasteiger charge is -2.06. The minimum absolute atomic E-state index is 0.200. The second-order valence-electron chi connectivity index (χ2n) is 3.65. The Bertz CT molecular complexity index is 585. The molecule has 94 valence electrons. The molecule has 0 bridgehead atoms. The molecule has 3 nitrogen and oxygen atoms in total. The van der Waals surface area contributed by atoms with Crippen LogP contribution in [0, 0.1) is 0 Å². The van der Waals surface area contributed by atoms with E-state index < -0.39 is 0 Å². The molecule has 0 saturated heterocycles. The Morgan fingerprint density at radius 1 is 1.44 bits per heavy atom. The average Bonchev–Trinajstić information content (AvgIpc) is 2.72. The predicted molar refractivity (Wildman–Crippen MR) is 79.1 cm³/mol. The van der Waals surface area contributed by atoms with Gasteiger partial charge in [-0.3, -0.25) is 4.79 Å². The third-order valence-electron chi connectivity index (χ3n) is 2.30. The van der Waals surface area contributed by atoms with Gasteiger partial charge in [0.05, 0.1) is 12.1 Å². The summed E-state index contributed by atoms with van der Waals surface area (Å²) in [5.74, 6) is -0.200. The third-order valence-corrected chi connectivity index (χ3v) is 4.24. The number of carbonyl (C=O) groups is 1. The maximum Gasteiger partial charge on any atom is 0.253 e. The first-order chi connectivity index (χ1) is 8.56. The maximum absolute atomic E-state index is 11.9. The Morgan fingerprint density at radius 2 is 2.22 bits per heavy atom. The van der Waals surface area contributed by atoms with Gasteiger partial charge < -0.3 is 11.1 Å². The molecule has 1 aromatic heterocycles. The SMILES string of the molecule is Nc1cc(Cl)ccc1C(=O)NCc1cc(Br)cs1. The van der Waals surface area contributed by atoms with Crippen LogP contribution in [0.2, 0.25) is 5.02 Å². The standard InChI is InChI=1S/C12H10BrClN2OS/c13-7-3-9(18-6-7)5-16-12(17)10-2-1-8(14)4-11(10)15/h1-4,6H,5,15H2,(H,16,17). The predicted octanol–water partition coefficient (Wildman–Crippen LogP) is 3.68. The van der Waals surface area contributed by atoms with Crippen molar-refractivity contribution in [2.75, 3.05) is 5.73 Å². The highest BCUT2D eigenvalue weighted by Gasteiger charge is 2.10. The van der Waals surface area contributed by atoms with E-state index in [9.17, 15) is 4.79 Å². The van der Waals surface area contributed by atoms with Crippen LogP contribution >= 0.6 is 38.9 Å². The number of hydrogen-bond acceptors (Lipinski definition) is 3. The van der Waals surface area contributed by atoms with Crippen molar-refractivity contribution in [1.82, 2.24) is 5.32 Å². The van der Waals surface area contributed by atoms with Crippen LogP contribution in [0.3, 0.4) is 0 Å². The van der Waals surface area contributed by atoms with E-state index in [1.807, 2.05) is 11.4 Å². The van der Waals surface area contributed by atoms with Crippen molar-refractivity contribution in [3.8, 4) is 0 Å². The quantitative estimate of drug-likeness (QED) is 0.834. The fourth-order valence-corrected chi connectivity index (χ4v) is 3.02. The molecule has 1 aromatic carbocycles. The summed E-state index contributed by atoms with van der Waals surface area (Å²) in [4.78, 5) is 13.0. The number of nitrogens with two attached hydrogens (primary N) is 1. The number of benzene rings is 1. The van der Waals surface area contributed by atoms with Crippen LogP contribution in [-0.4, -0.2) is 5.91 Å². The van der Waals surface area contributed by atoms with E-state index in [1.165, 1.54) is 0 Å². The monoisotopic (exact) mass is 344 g/mol. The minimum atomic E-state index is -0.200. The van der Waals surface area contributed by atoms with Crippen LogP contribution < -0.4 is 11.1 Å². The van der Waals surface area contributed by atoms with Crippen molar-refractivity contribution < 1.29 is 4.79 Å². The molecule has 6 heteroatoms. The lowest BCUT2D eigenvalue weighted by atomic mass is 10.1. The van der Waals surface area contributed by atoms with Crippen molar-refractivity contribution in [1.29, 1.82) is 0 Å². The minimum Gasteiger partial charge on any atom is -0.398 e. The van der Waals surface area contributed by atoms with E-state index in [0.717, 1.165) is 9.35 Å². The number of hydrogen-bond donors (Lipinski definition) is 2. The molecule has 18 heavy (non-hydrogen) atoms. The van der Waals surface area contributed by atoms with Crippen LogP contribution in [0.15, 0.2) is 34.1 Å². The van der Waals surface area contributed by atoms with Crippen LogP contribution in [0.5, 0.6) is 0 Å². The maximum atomic E-state index is 11.9. The Hall–Kier alpha value is -1.04. The first-order valence-electron chi connectivity index (χ1n) is 5.12. The van der Waals surface area contributed by atoms with Gasteiger partial charge in [0.1, 0.15) is 0 Å². The molecule has 0 aliphatic carbocycles. The number of halogens is 2. The van der Waals surface area contributed by atoms with Crippen molar-refractivity contribution in [2.45, 2.75) is 6.54 Å². The third kappa shape index (κ3) is 3.25. The van der Waals surface area contributed by atoms with Gasteiger partial charge in [0.25, 0.3) is 5.91 Å². The van der Waals surface area contributed by atoms with Gasteiger partial charge in [0.2, 0.25) is 0 Å². The summed E-state index contributed by atoms with van der Waals surface area (Å²) in [6, 6.07) is 6.81. The van der Waals surface area contributed by atoms with Crippen LogP contribution in [0.25, 0.3) is 0 Å². The molecule has 0 saturated carbocycles. The summed E-state index contributed by atoms with van der Waals surface area (Å²) in [6.07, 6.45) is 0. The highest BCUT2D eigenvalue weighted by Crippen LogP contribution is 2.20. The topological polar surface area (TPSA) is 55.1 Å². The molecular formula is C12H10BrClN2OS. The van der Waals surface area contributed by atoms with Crippen LogP contribution in [0.4, 0.5) is 5.69 Å². The normalized spacial score (nSPS) is 10.3. The molecule has 2 rings (SSSR count). The average molecular weight is 346 g/mol. The lowest BCUT2D eigenvalue weighted by Crippen LogP contribution is -2.23. The largest absolute Gasteiger partial charge is 0.398 e. The van der Waals surface area contributed by atoms with E-state index >= 15 is 0 Å². The molecule has 2 aromatic rings. The van der Waals surface area contributed by atoms with Gasteiger partial charge in [-0.05, 0) is 40.2 Å². The zero-order chi connectivity index (χ0) is 13.1. The van der Waals surface area contributed by atoms with Crippen molar-refractivity contribution in [2.24, 2.45) is 0 Å². The van der Waals surface area contributed by atoms with Crippen molar-refractivity contribution in [3.05, 3.63) is 49.6 Å². The molecule has 0 aliphatic rings. The number of nitrogens with one attached hydrogen (secondary N) is 1. The Morgan fingerprint density at radius 3 is 2.83 bits per heavy atom. The molecular weight excluding hydrogens is 336 g/mol. The lowest BCUT2D eigenvalue weighted by molar-refractivity contribution is 0.0952. The first-order valence-corrected chi connectivity index (χ1v) is 7.17. The number of nitrogen functional groups attached to an aromatic ring is 1. The number of rotatable bonds is 3. The van der Waals surface area contributed by atoms with Crippen molar-refractivity contribution >= 4 is 50.5 Å². The summed E-state index contributed by atoms with van der Waals surface area (Å²) < 4.78 is 1.02. The molecule has 0 radical (unpaired) electrons. The molecule has 0 atom stereocenters. The van der Waals surface area contributed by atoms with Gasteiger partial charge in [-0.15, -0.1) is 11.3 Å². The summed E-state index contributed by atoms with van der Waals surface area (Å²) in [6.45, 7) is 0.483. The van der Waals surface area contributed by atoms with Crippen molar-refractivity contribution in [3.63, 3.8) is 0 Å². The Kier molecular flexibility index (Phi) is 4.27. The van der Waals surface area contributed by atoms with E-state index in [-0.39, 0.29) is 5.91 Å². The van der Waals surface area contributed by atoms with Gasteiger partial charge in [0, 0.05) is 25.4 Å². The van der Waals surface area contributed by atoms with E-state index in [2.05, 4.69) is 21.2 Å². The summed E-state index contributed by atoms with van der Waals surface area (Å²) in [5.41, 5.74) is 6.57. The molecule has 0 spiro atoms. The molecule has 1 heterocycles. The Balaban J connectivity index is 2.03. The molecule has 0 fully saturated rings. The van der Waals surface area contributed by atoms with Gasteiger partial charge >= 0.3 is 0 Å². The fourth-order valence-electron chi connectivity index (χ4n) is 1.45. The molecule has 0 aliphatic heterocycles. The fraction of sp³-hybridized carbons (Fsp3) is 0.0833. The van der Waals surface area contributed by atoms with Gasteiger partial charge in [-0.25, -0.2) is 0 Å². The van der Waals surface area contributed by atoms with Crippen LogP contribution in [-0.2, 0) is 6.54 Å². The highest BCUT2D eigenvalue weighted by atomic mass is 79.9. The zero-order valence-electron chi connectivity index (χ0n) is 9.24. The second-order valence-corrected chi connectivity index (χ2v) is 5.99. The number of carbonyl (C=O) groups excluding carboxylic acids is 1.